The highest BCUT2D eigenvalue weighted by atomic mass is 16.5. The molecule has 2 aromatic carbocycles. The summed E-state index contributed by atoms with van der Waals surface area (Å²) in [6.07, 6.45) is 3.12. The SMILES string of the molecule is COc1cccc2cc(C(=O)C3=C(O)C(=O)N(c4nc5ccc(C)cc5[nH]4)C3c3ccncc3)oc12. The van der Waals surface area contributed by atoms with E-state index in [9.17, 15) is 14.7 Å². The number of rotatable bonds is 5. The summed E-state index contributed by atoms with van der Waals surface area (Å²) < 4.78 is 11.2. The number of methoxy groups -OCH3 is 1. The number of aliphatic hydroxyl groups excluding tert-OH is 1. The van der Waals surface area contributed by atoms with Gasteiger partial charge in [-0.2, -0.15) is 0 Å². The number of pyridine rings is 1. The zero-order valence-electron chi connectivity index (χ0n) is 19.4. The number of Topliss-reactive ketones (excluding diaryl/α,β-unsaturated/α-hetero) is 1. The van der Waals surface area contributed by atoms with Gasteiger partial charge in [0.2, 0.25) is 11.7 Å². The number of ether oxygens (including phenoxy) is 1. The first-order valence-corrected chi connectivity index (χ1v) is 11.2. The molecule has 1 unspecified atom stereocenters. The number of nitrogens with one attached hydrogen (secondary N) is 1. The fraction of sp³-hybridized carbons (Fsp3) is 0.111. The maximum absolute atomic E-state index is 13.8. The smallest absolute Gasteiger partial charge is 0.296 e. The Balaban J connectivity index is 1.50. The number of imidazole rings is 1. The molecule has 0 saturated carbocycles. The maximum atomic E-state index is 13.8. The van der Waals surface area contributed by atoms with Crippen LogP contribution in [0.2, 0.25) is 0 Å². The lowest BCUT2D eigenvalue weighted by Gasteiger charge is -2.24. The van der Waals surface area contributed by atoms with Crippen molar-refractivity contribution in [2.75, 3.05) is 12.0 Å². The molecule has 0 bridgehead atoms. The number of aromatic amines is 1. The Morgan fingerprint density at radius 2 is 1.94 bits per heavy atom. The monoisotopic (exact) mass is 480 g/mol. The molecule has 1 amide bonds. The molecule has 9 nitrogen and oxygen atoms in total. The van der Waals surface area contributed by atoms with E-state index in [1.54, 1.807) is 48.8 Å². The number of fused-ring (bicyclic) bond motifs is 2. The lowest BCUT2D eigenvalue weighted by Crippen LogP contribution is -2.32. The van der Waals surface area contributed by atoms with Gasteiger partial charge in [-0.1, -0.05) is 18.2 Å². The van der Waals surface area contributed by atoms with Gasteiger partial charge in [-0.05, 0) is 54.4 Å². The third-order valence-electron chi connectivity index (χ3n) is 6.28. The number of ketones is 1. The van der Waals surface area contributed by atoms with Gasteiger partial charge in [0.1, 0.15) is 0 Å². The molecule has 178 valence electrons. The van der Waals surface area contributed by atoms with Crippen molar-refractivity contribution in [1.29, 1.82) is 0 Å². The second kappa shape index (κ2) is 8.09. The van der Waals surface area contributed by atoms with Crippen molar-refractivity contribution in [3.05, 3.63) is 95.2 Å². The van der Waals surface area contributed by atoms with Crippen molar-refractivity contribution in [3.63, 3.8) is 0 Å². The fourth-order valence-corrected chi connectivity index (χ4v) is 4.58. The van der Waals surface area contributed by atoms with E-state index in [2.05, 4.69) is 15.0 Å². The number of amides is 1. The highest BCUT2D eigenvalue weighted by molar-refractivity contribution is 6.20. The quantitative estimate of drug-likeness (QED) is 0.346. The fourth-order valence-electron chi connectivity index (χ4n) is 4.58. The first kappa shape index (κ1) is 21.6. The summed E-state index contributed by atoms with van der Waals surface area (Å²) in [5.41, 5.74) is 3.28. The van der Waals surface area contributed by atoms with Gasteiger partial charge in [0, 0.05) is 17.8 Å². The summed E-state index contributed by atoms with van der Waals surface area (Å²) in [5.74, 6) is -1.36. The first-order chi connectivity index (χ1) is 17.5. The molecule has 6 rings (SSSR count). The number of H-pyrrole nitrogens is 1. The second-order valence-electron chi connectivity index (χ2n) is 8.52. The molecular formula is C27H20N4O5. The van der Waals surface area contributed by atoms with Gasteiger partial charge < -0.3 is 19.2 Å². The van der Waals surface area contributed by atoms with Crippen molar-refractivity contribution in [1.82, 2.24) is 15.0 Å². The van der Waals surface area contributed by atoms with Crippen molar-refractivity contribution in [2.24, 2.45) is 0 Å². The number of aryl methyl sites for hydroxylation is 1. The number of carbonyl (C=O) groups is 2. The van der Waals surface area contributed by atoms with Crippen LogP contribution in [0, 0.1) is 6.92 Å². The van der Waals surface area contributed by atoms with Gasteiger partial charge in [-0.15, -0.1) is 0 Å². The molecule has 0 spiro atoms. The van der Waals surface area contributed by atoms with Crippen molar-refractivity contribution < 1.29 is 23.8 Å². The third-order valence-corrected chi connectivity index (χ3v) is 6.28. The zero-order chi connectivity index (χ0) is 25.0. The second-order valence-corrected chi connectivity index (χ2v) is 8.52. The van der Waals surface area contributed by atoms with Crippen LogP contribution in [0.15, 0.2) is 82.7 Å². The van der Waals surface area contributed by atoms with Crippen LogP contribution in [0.25, 0.3) is 22.0 Å². The Morgan fingerprint density at radius 1 is 1.14 bits per heavy atom. The predicted molar refractivity (Wildman–Crippen MR) is 132 cm³/mol. The Morgan fingerprint density at radius 3 is 2.72 bits per heavy atom. The molecule has 0 fully saturated rings. The average Bonchev–Trinajstić information content (AvgIpc) is 3.58. The van der Waals surface area contributed by atoms with E-state index in [1.807, 2.05) is 25.1 Å². The molecule has 0 aliphatic carbocycles. The molecule has 1 atom stereocenters. The minimum atomic E-state index is -0.954. The Kier molecular flexibility index (Phi) is 4.85. The summed E-state index contributed by atoms with van der Waals surface area (Å²) in [4.78, 5) is 40.2. The molecule has 0 saturated heterocycles. The van der Waals surface area contributed by atoms with Gasteiger partial charge in [0.25, 0.3) is 5.91 Å². The van der Waals surface area contributed by atoms with Crippen LogP contribution < -0.4 is 9.64 Å². The Hall–Kier alpha value is -4.92. The summed E-state index contributed by atoms with van der Waals surface area (Å²) >= 11 is 0. The molecule has 4 heterocycles. The number of nitrogens with zero attached hydrogens (tertiary/aromatic N) is 3. The summed E-state index contributed by atoms with van der Waals surface area (Å²) in [5, 5.41) is 11.7. The standard InChI is InChI=1S/C27H20N4O5/c1-14-6-7-17-18(12-14)30-27(29-17)31-22(15-8-10-28-11-9-15)21(24(33)26(31)34)23(32)20-13-16-4-3-5-19(35-2)25(16)36-20/h3-13,22,33H,1-2H3,(H,29,30). The minimum absolute atomic E-state index is 0.0232. The molecule has 3 aromatic heterocycles. The van der Waals surface area contributed by atoms with Crippen molar-refractivity contribution in [3.8, 4) is 5.75 Å². The van der Waals surface area contributed by atoms with Gasteiger partial charge >= 0.3 is 0 Å². The lowest BCUT2D eigenvalue weighted by molar-refractivity contribution is -0.117. The van der Waals surface area contributed by atoms with E-state index in [0.29, 0.717) is 27.8 Å². The van der Waals surface area contributed by atoms with Gasteiger partial charge in [0.15, 0.2) is 22.9 Å². The van der Waals surface area contributed by atoms with Gasteiger partial charge in [-0.25, -0.2) is 4.98 Å². The van der Waals surface area contributed by atoms with E-state index in [0.717, 1.165) is 11.1 Å². The van der Waals surface area contributed by atoms with Gasteiger partial charge in [-0.3, -0.25) is 19.5 Å². The zero-order valence-corrected chi connectivity index (χ0v) is 19.4. The van der Waals surface area contributed by atoms with Crippen molar-refractivity contribution in [2.45, 2.75) is 13.0 Å². The number of hydrogen-bond acceptors (Lipinski definition) is 7. The van der Waals surface area contributed by atoms with E-state index in [1.165, 1.54) is 12.0 Å². The molecule has 9 heteroatoms. The Bertz CT molecular complexity index is 1700. The first-order valence-electron chi connectivity index (χ1n) is 11.2. The molecule has 1 aliphatic rings. The van der Waals surface area contributed by atoms with Crippen LogP contribution in [0.1, 0.15) is 27.7 Å². The van der Waals surface area contributed by atoms with E-state index in [4.69, 9.17) is 9.15 Å². The molecular weight excluding hydrogens is 460 g/mol. The van der Waals surface area contributed by atoms with Gasteiger partial charge in [0.05, 0.1) is 29.8 Å². The maximum Gasteiger partial charge on any atom is 0.296 e. The Labute approximate surface area is 204 Å². The number of carbonyl (C=O) groups excluding carboxylic acids is 2. The molecule has 5 aromatic rings. The topological polar surface area (TPSA) is 122 Å². The van der Waals surface area contributed by atoms with E-state index < -0.39 is 23.5 Å². The largest absolute Gasteiger partial charge is 0.503 e. The highest BCUT2D eigenvalue weighted by Gasteiger charge is 2.46. The number of aromatic nitrogens is 3. The van der Waals surface area contributed by atoms with Crippen LogP contribution in [-0.2, 0) is 4.79 Å². The molecule has 1 aliphatic heterocycles. The average molecular weight is 480 g/mol. The van der Waals surface area contributed by atoms with Crippen molar-refractivity contribution >= 4 is 39.6 Å². The summed E-state index contributed by atoms with van der Waals surface area (Å²) in [6.45, 7) is 1.95. The van der Waals surface area contributed by atoms with Crippen LogP contribution in [0.4, 0.5) is 5.95 Å². The number of furan rings is 1. The number of anilines is 1. The van der Waals surface area contributed by atoms with Crippen LogP contribution in [0.3, 0.4) is 0 Å². The normalized spacial score (nSPS) is 15.9. The van der Waals surface area contributed by atoms with Crippen LogP contribution in [0.5, 0.6) is 5.75 Å². The summed E-state index contributed by atoms with van der Waals surface area (Å²) in [7, 11) is 1.51. The predicted octanol–water partition coefficient (Wildman–Crippen LogP) is 4.80. The number of benzene rings is 2. The molecule has 36 heavy (non-hydrogen) atoms. The summed E-state index contributed by atoms with van der Waals surface area (Å²) in [6, 6.07) is 15.0. The molecule has 2 N–H and O–H groups in total. The number of aliphatic hydroxyl groups is 1. The van der Waals surface area contributed by atoms with E-state index in [-0.39, 0.29) is 17.3 Å². The highest BCUT2D eigenvalue weighted by Crippen LogP contribution is 2.42. The van der Waals surface area contributed by atoms with Crippen LogP contribution in [-0.4, -0.2) is 38.9 Å². The third kappa shape index (κ3) is 3.24. The molecule has 0 radical (unpaired) electrons. The van der Waals surface area contributed by atoms with Crippen LogP contribution >= 0.6 is 0 Å². The number of para-hydroxylation sites is 1. The van der Waals surface area contributed by atoms with E-state index >= 15 is 0 Å². The minimum Gasteiger partial charge on any atom is -0.503 e. The lowest BCUT2D eigenvalue weighted by atomic mass is 9.96. The number of hydrogen-bond donors (Lipinski definition) is 2.